The lowest BCUT2D eigenvalue weighted by atomic mass is 10.4. The fourth-order valence-corrected chi connectivity index (χ4v) is 0.786. The predicted octanol–water partition coefficient (Wildman–Crippen LogP) is 2.40. The first kappa shape index (κ1) is 9.09. The number of aryl methyl sites for hydroxylation is 2. The highest BCUT2D eigenvalue weighted by Crippen LogP contribution is 2.21. The Bertz CT molecular complexity index is 257. The standard InChI is InChI=1S/C7H8F3NO/c1-4-5(2)12-6(11-4)3-7(8,9)10/h3H2,1-2H3. The molecule has 0 N–H and O–H groups in total. The first-order valence-electron chi connectivity index (χ1n) is 3.38. The molecule has 0 atom stereocenters. The smallest absolute Gasteiger partial charge is 0.397 e. The van der Waals surface area contributed by atoms with Crippen LogP contribution in [0.5, 0.6) is 0 Å². The maximum atomic E-state index is 11.8. The SMILES string of the molecule is Cc1nc(CC(F)(F)F)oc1C. The van der Waals surface area contributed by atoms with Gasteiger partial charge in [-0.25, -0.2) is 4.98 Å². The van der Waals surface area contributed by atoms with Crippen LogP contribution in [0.4, 0.5) is 13.2 Å². The van der Waals surface area contributed by atoms with Crippen LogP contribution >= 0.6 is 0 Å². The minimum Gasteiger partial charge on any atom is -0.445 e. The number of rotatable bonds is 1. The summed E-state index contributed by atoms with van der Waals surface area (Å²) < 4.78 is 40.1. The summed E-state index contributed by atoms with van der Waals surface area (Å²) in [7, 11) is 0. The van der Waals surface area contributed by atoms with Gasteiger partial charge >= 0.3 is 6.18 Å². The average molecular weight is 179 g/mol. The third kappa shape index (κ3) is 2.25. The topological polar surface area (TPSA) is 26.0 Å². The molecule has 0 bridgehead atoms. The molecule has 0 saturated heterocycles. The highest BCUT2D eigenvalue weighted by Gasteiger charge is 2.30. The van der Waals surface area contributed by atoms with Crippen molar-refractivity contribution in [2.24, 2.45) is 0 Å². The van der Waals surface area contributed by atoms with E-state index < -0.39 is 12.6 Å². The molecule has 0 aliphatic carbocycles. The molecule has 12 heavy (non-hydrogen) atoms. The van der Waals surface area contributed by atoms with Crippen molar-refractivity contribution in [2.45, 2.75) is 26.4 Å². The molecule has 1 rings (SSSR count). The van der Waals surface area contributed by atoms with Crippen molar-refractivity contribution < 1.29 is 17.6 Å². The minimum atomic E-state index is -4.25. The van der Waals surface area contributed by atoms with E-state index in [9.17, 15) is 13.2 Å². The van der Waals surface area contributed by atoms with Crippen LogP contribution in [-0.2, 0) is 6.42 Å². The number of nitrogens with zero attached hydrogens (tertiary/aromatic N) is 1. The third-order valence-corrected chi connectivity index (χ3v) is 1.42. The quantitative estimate of drug-likeness (QED) is 0.661. The predicted molar refractivity (Wildman–Crippen MR) is 35.7 cm³/mol. The van der Waals surface area contributed by atoms with Crippen LogP contribution in [-0.4, -0.2) is 11.2 Å². The van der Waals surface area contributed by atoms with Crippen molar-refractivity contribution >= 4 is 0 Å². The van der Waals surface area contributed by atoms with Crippen molar-refractivity contribution in [3.8, 4) is 0 Å². The molecule has 0 aromatic carbocycles. The lowest BCUT2D eigenvalue weighted by molar-refractivity contribution is -0.130. The first-order chi connectivity index (χ1) is 5.38. The maximum Gasteiger partial charge on any atom is 0.397 e. The van der Waals surface area contributed by atoms with Crippen molar-refractivity contribution in [2.75, 3.05) is 0 Å². The summed E-state index contributed by atoms with van der Waals surface area (Å²) >= 11 is 0. The molecule has 68 valence electrons. The minimum absolute atomic E-state index is 0.266. The van der Waals surface area contributed by atoms with Crippen LogP contribution in [0.3, 0.4) is 0 Å². The van der Waals surface area contributed by atoms with Gasteiger partial charge in [-0.05, 0) is 13.8 Å². The molecule has 0 amide bonds. The number of oxazole rings is 1. The second-order valence-corrected chi connectivity index (χ2v) is 2.54. The van der Waals surface area contributed by atoms with Gasteiger partial charge in [-0.2, -0.15) is 13.2 Å². The van der Waals surface area contributed by atoms with E-state index in [1.165, 1.54) is 0 Å². The molecule has 0 aliphatic rings. The Kier molecular flexibility index (Phi) is 2.12. The van der Waals surface area contributed by atoms with Gasteiger partial charge in [0.15, 0.2) is 0 Å². The molecule has 5 heteroatoms. The maximum absolute atomic E-state index is 11.8. The summed E-state index contributed by atoms with van der Waals surface area (Å²) in [6.45, 7) is 3.20. The van der Waals surface area contributed by atoms with Gasteiger partial charge in [-0.1, -0.05) is 0 Å². The summed E-state index contributed by atoms with van der Waals surface area (Å²) in [5, 5.41) is 0. The van der Waals surface area contributed by atoms with Crippen molar-refractivity contribution in [3.05, 3.63) is 17.3 Å². The van der Waals surface area contributed by atoms with Gasteiger partial charge in [0.1, 0.15) is 12.2 Å². The Morgan fingerprint density at radius 3 is 2.25 bits per heavy atom. The Morgan fingerprint density at radius 1 is 1.33 bits per heavy atom. The molecule has 1 heterocycles. The Hall–Kier alpha value is -1.00. The number of alkyl halides is 3. The molecular weight excluding hydrogens is 171 g/mol. The van der Waals surface area contributed by atoms with Gasteiger partial charge < -0.3 is 4.42 Å². The van der Waals surface area contributed by atoms with Crippen LogP contribution in [0.2, 0.25) is 0 Å². The molecule has 0 saturated carbocycles. The number of aromatic nitrogens is 1. The van der Waals surface area contributed by atoms with Crippen LogP contribution in [0.1, 0.15) is 17.3 Å². The summed E-state index contributed by atoms with van der Waals surface area (Å²) in [6.07, 6.45) is -5.34. The van der Waals surface area contributed by atoms with E-state index in [1.807, 2.05) is 0 Å². The van der Waals surface area contributed by atoms with E-state index in [-0.39, 0.29) is 5.89 Å². The van der Waals surface area contributed by atoms with E-state index in [0.717, 1.165) is 0 Å². The van der Waals surface area contributed by atoms with E-state index in [2.05, 4.69) is 4.98 Å². The van der Waals surface area contributed by atoms with Crippen LogP contribution in [0.25, 0.3) is 0 Å². The molecule has 0 unspecified atom stereocenters. The summed E-state index contributed by atoms with van der Waals surface area (Å²) in [5.41, 5.74) is 0.509. The molecule has 0 spiro atoms. The van der Waals surface area contributed by atoms with Gasteiger partial charge in [0.2, 0.25) is 5.89 Å². The first-order valence-corrected chi connectivity index (χ1v) is 3.38. The number of hydrogen-bond acceptors (Lipinski definition) is 2. The Morgan fingerprint density at radius 2 is 1.92 bits per heavy atom. The molecular formula is C7H8F3NO. The van der Waals surface area contributed by atoms with Gasteiger partial charge in [-0.3, -0.25) is 0 Å². The third-order valence-electron chi connectivity index (χ3n) is 1.42. The fourth-order valence-electron chi connectivity index (χ4n) is 0.786. The fraction of sp³-hybridized carbons (Fsp3) is 0.571. The van der Waals surface area contributed by atoms with E-state index >= 15 is 0 Å². The van der Waals surface area contributed by atoms with E-state index in [1.54, 1.807) is 13.8 Å². The highest BCUT2D eigenvalue weighted by atomic mass is 19.4. The molecule has 0 radical (unpaired) electrons. The van der Waals surface area contributed by atoms with E-state index in [4.69, 9.17) is 4.42 Å². The largest absolute Gasteiger partial charge is 0.445 e. The van der Waals surface area contributed by atoms with Gasteiger partial charge in [0, 0.05) is 0 Å². The molecule has 1 aromatic heterocycles. The number of halogens is 3. The number of hydrogen-bond donors (Lipinski definition) is 0. The van der Waals surface area contributed by atoms with Crippen molar-refractivity contribution in [3.63, 3.8) is 0 Å². The molecule has 1 aromatic rings. The van der Waals surface area contributed by atoms with Crippen LogP contribution in [0.15, 0.2) is 4.42 Å². The van der Waals surface area contributed by atoms with Gasteiger partial charge in [0.05, 0.1) is 5.69 Å². The lowest BCUT2D eigenvalue weighted by Crippen LogP contribution is -2.11. The van der Waals surface area contributed by atoms with E-state index in [0.29, 0.717) is 11.5 Å². The van der Waals surface area contributed by atoms with Crippen molar-refractivity contribution in [1.29, 1.82) is 0 Å². The van der Waals surface area contributed by atoms with Crippen LogP contribution in [0, 0.1) is 13.8 Å². The zero-order valence-corrected chi connectivity index (χ0v) is 6.70. The van der Waals surface area contributed by atoms with Gasteiger partial charge in [-0.15, -0.1) is 0 Å². The second kappa shape index (κ2) is 2.80. The lowest BCUT2D eigenvalue weighted by Gasteiger charge is -2.00. The normalized spacial score (nSPS) is 12.1. The van der Waals surface area contributed by atoms with Gasteiger partial charge in [0.25, 0.3) is 0 Å². The summed E-state index contributed by atoms with van der Waals surface area (Å²) in [5.74, 6) is 0.173. The summed E-state index contributed by atoms with van der Waals surface area (Å²) in [4.78, 5) is 3.61. The van der Waals surface area contributed by atoms with Crippen molar-refractivity contribution in [1.82, 2.24) is 4.98 Å². The Balaban J connectivity index is 2.77. The highest BCUT2D eigenvalue weighted by molar-refractivity contribution is 5.05. The second-order valence-electron chi connectivity index (χ2n) is 2.54. The molecule has 0 fully saturated rings. The molecule has 2 nitrogen and oxygen atoms in total. The average Bonchev–Trinajstić information content (AvgIpc) is 2.07. The Labute approximate surface area is 67.4 Å². The summed E-state index contributed by atoms with van der Waals surface area (Å²) in [6, 6.07) is 0. The zero-order chi connectivity index (χ0) is 9.35. The van der Waals surface area contributed by atoms with Crippen LogP contribution < -0.4 is 0 Å². The zero-order valence-electron chi connectivity index (χ0n) is 6.70. The monoisotopic (exact) mass is 179 g/mol. The molecule has 0 aliphatic heterocycles.